The Hall–Kier alpha value is -3.81. The number of nitriles is 1. The lowest BCUT2D eigenvalue weighted by Crippen LogP contribution is -2.54. The average molecular weight is 476 g/mol. The van der Waals surface area contributed by atoms with Crippen LogP contribution in [0.15, 0.2) is 18.2 Å². The van der Waals surface area contributed by atoms with E-state index in [1.54, 1.807) is 41.5 Å². The molecule has 4 amide bonds. The Morgan fingerprint density at radius 2 is 1.82 bits per heavy atom. The van der Waals surface area contributed by atoms with Crippen molar-refractivity contribution < 1.29 is 29.0 Å². The summed E-state index contributed by atoms with van der Waals surface area (Å²) in [7, 11) is 0. The molecular formula is C23H33N5O6. The summed E-state index contributed by atoms with van der Waals surface area (Å²) < 4.78 is 5.17. The summed E-state index contributed by atoms with van der Waals surface area (Å²) in [5, 5.41) is 24.3. The molecule has 2 atom stereocenters. The molecule has 0 aliphatic heterocycles. The van der Waals surface area contributed by atoms with E-state index in [9.17, 15) is 29.5 Å². The van der Waals surface area contributed by atoms with Gasteiger partial charge in [-0.05, 0) is 64.8 Å². The number of hydrogen-bond donors (Lipinski definition) is 4. The maximum absolute atomic E-state index is 13.5. The van der Waals surface area contributed by atoms with E-state index in [2.05, 4.69) is 10.6 Å². The normalized spacial score (nSPS) is 12.8. The second kappa shape index (κ2) is 11.9. The van der Waals surface area contributed by atoms with Crippen molar-refractivity contribution in [1.29, 1.82) is 5.26 Å². The first-order chi connectivity index (χ1) is 15.7. The highest BCUT2D eigenvalue weighted by molar-refractivity contribution is 5.94. The van der Waals surface area contributed by atoms with Crippen molar-refractivity contribution in [1.82, 2.24) is 15.5 Å². The molecule has 0 fully saturated rings. The van der Waals surface area contributed by atoms with Crippen LogP contribution in [0.3, 0.4) is 0 Å². The lowest BCUT2D eigenvalue weighted by Gasteiger charge is -2.33. The molecular weight excluding hydrogens is 442 g/mol. The molecule has 5 N–H and O–H groups in total. The number of phenolic OH excluding ortho intramolecular Hbond substituents is 1. The fourth-order valence-corrected chi connectivity index (χ4v) is 3.11. The van der Waals surface area contributed by atoms with Crippen LogP contribution in [-0.2, 0) is 19.1 Å². The zero-order chi connectivity index (χ0) is 26.2. The summed E-state index contributed by atoms with van der Waals surface area (Å²) in [6, 6.07) is 3.14. The monoisotopic (exact) mass is 475 g/mol. The maximum Gasteiger partial charge on any atom is 0.408 e. The van der Waals surface area contributed by atoms with Crippen molar-refractivity contribution >= 4 is 23.8 Å². The molecule has 0 saturated carbocycles. The van der Waals surface area contributed by atoms with Gasteiger partial charge in [-0.25, -0.2) is 4.79 Å². The number of nitrogens with one attached hydrogen (secondary N) is 2. The molecule has 186 valence electrons. The topological polar surface area (TPSA) is 175 Å². The molecule has 1 aromatic rings. The number of aromatic hydroxyl groups is 1. The van der Waals surface area contributed by atoms with Gasteiger partial charge in [-0.3, -0.25) is 14.4 Å². The molecule has 0 bridgehead atoms. The Bertz CT molecular complexity index is 964. The van der Waals surface area contributed by atoms with Crippen LogP contribution in [0.2, 0.25) is 0 Å². The van der Waals surface area contributed by atoms with Crippen LogP contribution < -0.4 is 16.4 Å². The number of benzene rings is 1. The predicted molar refractivity (Wildman–Crippen MR) is 123 cm³/mol. The van der Waals surface area contributed by atoms with Crippen molar-refractivity contribution in [2.24, 2.45) is 5.73 Å². The number of phenols is 1. The number of primary amides is 1. The van der Waals surface area contributed by atoms with Gasteiger partial charge in [0.05, 0.1) is 12.5 Å². The van der Waals surface area contributed by atoms with E-state index in [-0.39, 0.29) is 11.8 Å². The minimum absolute atomic E-state index is 0.0110. The first kappa shape index (κ1) is 28.2. The highest BCUT2D eigenvalue weighted by Crippen LogP contribution is 2.27. The van der Waals surface area contributed by atoms with Gasteiger partial charge in [0.25, 0.3) is 0 Å². The van der Waals surface area contributed by atoms with E-state index in [0.29, 0.717) is 11.1 Å². The Morgan fingerprint density at radius 1 is 1.21 bits per heavy atom. The zero-order valence-electron chi connectivity index (χ0n) is 20.3. The number of nitrogens with zero attached hydrogens (tertiary/aromatic N) is 2. The van der Waals surface area contributed by atoms with Crippen molar-refractivity contribution in [3.8, 4) is 11.8 Å². The van der Waals surface area contributed by atoms with E-state index < -0.39 is 54.5 Å². The molecule has 0 aliphatic carbocycles. The van der Waals surface area contributed by atoms with E-state index in [0.717, 1.165) is 4.90 Å². The van der Waals surface area contributed by atoms with E-state index in [1.165, 1.54) is 18.2 Å². The van der Waals surface area contributed by atoms with Crippen molar-refractivity contribution in [2.75, 3.05) is 6.54 Å². The zero-order valence-corrected chi connectivity index (χ0v) is 20.3. The number of rotatable bonds is 9. The third-order valence-electron chi connectivity index (χ3n) is 4.45. The van der Waals surface area contributed by atoms with Gasteiger partial charge in [0.1, 0.15) is 30.0 Å². The number of carbonyl (C=O) groups excluding carboxylic acids is 4. The quantitative estimate of drug-likeness (QED) is 0.390. The highest BCUT2D eigenvalue weighted by atomic mass is 16.6. The van der Waals surface area contributed by atoms with Crippen LogP contribution in [0.1, 0.15) is 58.2 Å². The first-order valence-corrected chi connectivity index (χ1v) is 10.7. The summed E-state index contributed by atoms with van der Waals surface area (Å²) in [5.74, 6) is -2.35. The highest BCUT2D eigenvalue weighted by Gasteiger charge is 2.37. The Labute approximate surface area is 199 Å². The second-order valence-electron chi connectivity index (χ2n) is 9.11. The molecule has 0 spiro atoms. The second-order valence-corrected chi connectivity index (χ2v) is 9.11. The standard InChI is InChI=1S/C23H33N5O6/c1-13(2)26-20(31)19(15-7-8-17(29)14(3)11-15)28(10-9-24)21(32)16(12-18(25)30)27-22(33)34-23(4,5)6/h7-8,11,13,16,19,29H,10,12H2,1-6H3,(H2,25,30)(H,26,31)(H,27,33). The van der Waals surface area contributed by atoms with Gasteiger partial charge in [-0.1, -0.05) is 6.07 Å². The number of nitrogens with two attached hydrogens (primary N) is 1. The summed E-state index contributed by atoms with van der Waals surface area (Å²) in [4.78, 5) is 51.6. The third-order valence-corrected chi connectivity index (χ3v) is 4.45. The number of aryl methyl sites for hydroxylation is 1. The predicted octanol–water partition coefficient (Wildman–Crippen LogP) is 1.39. The van der Waals surface area contributed by atoms with Crippen LogP contribution in [0.25, 0.3) is 0 Å². The van der Waals surface area contributed by atoms with Crippen LogP contribution in [-0.4, -0.2) is 58.1 Å². The minimum atomic E-state index is -1.48. The Kier molecular flexibility index (Phi) is 9.86. The summed E-state index contributed by atoms with van der Waals surface area (Å²) >= 11 is 0. The van der Waals surface area contributed by atoms with E-state index in [1.807, 2.05) is 6.07 Å². The van der Waals surface area contributed by atoms with E-state index in [4.69, 9.17) is 10.5 Å². The molecule has 11 nitrogen and oxygen atoms in total. The smallest absolute Gasteiger partial charge is 0.408 e. The van der Waals surface area contributed by atoms with Gasteiger partial charge in [0.15, 0.2) is 0 Å². The van der Waals surface area contributed by atoms with E-state index >= 15 is 0 Å². The van der Waals surface area contributed by atoms with Gasteiger partial charge in [-0.2, -0.15) is 5.26 Å². The number of hydrogen-bond acceptors (Lipinski definition) is 7. The largest absolute Gasteiger partial charge is 0.508 e. The number of ether oxygens (including phenoxy) is 1. The van der Waals surface area contributed by atoms with Crippen molar-refractivity contribution in [3.63, 3.8) is 0 Å². The lowest BCUT2D eigenvalue weighted by atomic mass is 9.99. The molecule has 0 heterocycles. The SMILES string of the molecule is Cc1cc(C(C(=O)NC(C)C)N(CC#N)C(=O)C(CC(N)=O)NC(=O)OC(C)(C)C)ccc1O. The molecule has 0 radical (unpaired) electrons. The van der Waals surface area contributed by atoms with Gasteiger partial charge in [-0.15, -0.1) is 0 Å². The molecule has 0 saturated heterocycles. The fourth-order valence-electron chi connectivity index (χ4n) is 3.11. The fraction of sp³-hybridized carbons (Fsp3) is 0.522. The third kappa shape index (κ3) is 8.61. The van der Waals surface area contributed by atoms with Crippen molar-refractivity contribution in [2.45, 2.75) is 71.7 Å². The lowest BCUT2D eigenvalue weighted by molar-refractivity contribution is -0.142. The number of alkyl carbamates (subject to hydrolysis) is 1. The summed E-state index contributed by atoms with van der Waals surface area (Å²) in [6.07, 6.45) is -1.54. The van der Waals surface area contributed by atoms with Gasteiger partial charge < -0.3 is 31.1 Å². The van der Waals surface area contributed by atoms with Crippen LogP contribution in [0.4, 0.5) is 4.79 Å². The summed E-state index contributed by atoms with van der Waals surface area (Å²) in [6.45, 7) is 9.42. The average Bonchev–Trinajstić information content (AvgIpc) is 2.66. The van der Waals surface area contributed by atoms with Gasteiger partial charge in [0.2, 0.25) is 17.7 Å². The first-order valence-electron chi connectivity index (χ1n) is 10.7. The molecule has 34 heavy (non-hydrogen) atoms. The van der Waals surface area contributed by atoms with Gasteiger partial charge in [0, 0.05) is 6.04 Å². The Morgan fingerprint density at radius 3 is 2.29 bits per heavy atom. The van der Waals surface area contributed by atoms with Crippen molar-refractivity contribution in [3.05, 3.63) is 29.3 Å². The maximum atomic E-state index is 13.5. The minimum Gasteiger partial charge on any atom is -0.508 e. The van der Waals surface area contributed by atoms with Crippen LogP contribution in [0, 0.1) is 18.3 Å². The summed E-state index contributed by atoms with van der Waals surface area (Å²) in [5.41, 5.74) is 5.18. The number of amides is 4. The molecule has 1 aromatic carbocycles. The van der Waals surface area contributed by atoms with Crippen LogP contribution in [0.5, 0.6) is 5.75 Å². The Balaban J connectivity index is 3.49. The molecule has 2 unspecified atom stereocenters. The molecule has 11 heteroatoms. The van der Waals surface area contributed by atoms with Crippen LogP contribution >= 0.6 is 0 Å². The number of carbonyl (C=O) groups is 4. The molecule has 0 aliphatic rings. The molecule has 1 rings (SSSR count). The molecule has 0 aromatic heterocycles. The van der Waals surface area contributed by atoms with Gasteiger partial charge >= 0.3 is 6.09 Å².